The molecule has 0 fully saturated rings. The van der Waals surface area contributed by atoms with Crippen LogP contribution in [0.5, 0.6) is 0 Å². The number of rotatable bonds is 3. The normalized spacial score (nSPS) is 11.2. The van der Waals surface area contributed by atoms with Crippen molar-refractivity contribution in [2.75, 3.05) is 5.32 Å². The Bertz CT molecular complexity index is 804. The summed E-state index contributed by atoms with van der Waals surface area (Å²) in [6, 6.07) is 7.79. The quantitative estimate of drug-likeness (QED) is 0.881. The summed E-state index contributed by atoms with van der Waals surface area (Å²) in [6.45, 7) is 3.48. The minimum Gasteiger partial charge on any atom is -0.320 e. The average Bonchev–Trinajstić information content (AvgIpc) is 2.40. The summed E-state index contributed by atoms with van der Waals surface area (Å²) in [4.78, 5) is 16.2. The highest BCUT2D eigenvalue weighted by atomic mass is 35.7. The van der Waals surface area contributed by atoms with E-state index in [4.69, 9.17) is 10.7 Å². The molecule has 1 aromatic heterocycles. The average molecular weight is 325 g/mol. The minimum absolute atomic E-state index is 0.00585. The van der Waals surface area contributed by atoms with Gasteiger partial charge in [0.15, 0.2) is 0 Å². The van der Waals surface area contributed by atoms with E-state index in [1.807, 2.05) is 0 Å². The third kappa shape index (κ3) is 3.59. The molecule has 0 saturated heterocycles. The molecule has 0 radical (unpaired) electrons. The molecule has 0 spiro atoms. The maximum Gasteiger partial charge on any atom is 0.274 e. The lowest BCUT2D eigenvalue weighted by molar-refractivity contribution is 0.102. The number of benzene rings is 1. The fourth-order valence-electron chi connectivity index (χ4n) is 1.83. The van der Waals surface area contributed by atoms with Gasteiger partial charge in [0.25, 0.3) is 15.0 Å². The molecular formula is C14H13ClN2O3S. The molecule has 2 aromatic rings. The summed E-state index contributed by atoms with van der Waals surface area (Å²) in [5, 5.41) is 2.71. The molecule has 0 aliphatic rings. The molecule has 5 nitrogen and oxygen atoms in total. The van der Waals surface area contributed by atoms with Crippen LogP contribution in [0.1, 0.15) is 21.6 Å². The fourth-order valence-corrected chi connectivity index (χ4v) is 2.67. The Kier molecular flexibility index (Phi) is 4.29. The van der Waals surface area contributed by atoms with E-state index in [1.165, 1.54) is 24.4 Å². The predicted molar refractivity (Wildman–Crippen MR) is 81.1 cm³/mol. The first kappa shape index (κ1) is 15.5. The molecule has 1 heterocycles. The molecule has 1 N–H and O–H groups in total. The highest BCUT2D eigenvalue weighted by molar-refractivity contribution is 8.13. The van der Waals surface area contributed by atoms with Crippen molar-refractivity contribution >= 4 is 31.3 Å². The van der Waals surface area contributed by atoms with Gasteiger partial charge in [-0.3, -0.25) is 9.78 Å². The number of pyridine rings is 1. The lowest BCUT2D eigenvalue weighted by atomic mass is 10.1. The second kappa shape index (κ2) is 5.83. The van der Waals surface area contributed by atoms with Gasteiger partial charge in [0.2, 0.25) is 0 Å². The van der Waals surface area contributed by atoms with Crippen molar-refractivity contribution in [2.24, 2.45) is 0 Å². The van der Waals surface area contributed by atoms with Crippen LogP contribution in [-0.2, 0) is 9.05 Å². The Hall–Kier alpha value is -1.92. The summed E-state index contributed by atoms with van der Waals surface area (Å²) in [5.74, 6) is -0.349. The zero-order valence-corrected chi connectivity index (χ0v) is 13.0. The molecular weight excluding hydrogens is 312 g/mol. The van der Waals surface area contributed by atoms with Crippen molar-refractivity contribution < 1.29 is 13.2 Å². The van der Waals surface area contributed by atoms with Gasteiger partial charge in [-0.15, -0.1) is 0 Å². The maximum absolute atomic E-state index is 12.2. The molecule has 0 atom stereocenters. The number of nitrogens with one attached hydrogen (secondary N) is 1. The summed E-state index contributed by atoms with van der Waals surface area (Å²) >= 11 is 0. The molecule has 0 saturated carbocycles. The number of carbonyl (C=O) groups is 1. The molecule has 0 bridgehead atoms. The lowest BCUT2D eigenvalue weighted by Crippen LogP contribution is -2.15. The van der Waals surface area contributed by atoms with Gasteiger partial charge in [-0.05, 0) is 49.2 Å². The van der Waals surface area contributed by atoms with E-state index < -0.39 is 9.05 Å². The van der Waals surface area contributed by atoms with Crippen LogP contribution in [-0.4, -0.2) is 19.3 Å². The predicted octanol–water partition coefficient (Wildman–Crippen LogP) is 2.88. The van der Waals surface area contributed by atoms with Crippen molar-refractivity contribution in [2.45, 2.75) is 18.7 Å². The number of hydrogen-bond donors (Lipinski definition) is 1. The SMILES string of the molecule is Cc1cc(S(=O)(=O)Cl)ccc1NC(=O)c1ncccc1C. The number of amides is 1. The Labute approximate surface area is 127 Å². The first-order valence-corrected chi connectivity index (χ1v) is 8.38. The molecule has 2 rings (SSSR count). The summed E-state index contributed by atoms with van der Waals surface area (Å²) in [5.41, 5.74) is 2.19. The third-order valence-corrected chi connectivity index (χ3v) is 4.30. The molecule has 21 heavy (non-hydrogen) atoms. The monoisotopic (exact) mass is 324 g/mol. The van der Waals surface area contributed by atoms with Crippen LogP contribution in [0.25, 0.3) is 0 Å². The molecule has 0 aliphatic carbocycles. The molecule has 1 aromatic carbocycles. The van der Waals surface area contributed by atoms with E-state index >= 15 is 0 Å². The Morgan fingerprint density at radius 3 is 2.48 bits per heavy atom. The van der Waals surface area contributed by atoms with Crippen LogP contribution in [0.3, 0.4) is 0 Å². The highest BCUT2D eigenvalue weighted by Crippen LogP contribution is 2.22. The number of anilines is 1. The third-order valence-electron chi connectivity index (χ3n) is 2.95. The van der Waals surface area contributed by atoms with Crippen molar-refractivity contribution in [1.82, 2.24) is 4.98 Å². The van der Waals surface area contributed by atoms with E-state index in [0.29, 0.717) is 16.9 Å². The number of carbonyl (C=O) groups excluding carboxylic acids is 1. The number of nitrogens with zero attached hydrogens (tertiary/aromatic N) is 1. The largest absolute Gasteiger partial charge is 0.320 e. The van der Waals surface area contributed by atoms with Gasteiger partial charge >= 0.3 is 0 Å². The molecule has 1 amide bonds. The van der Waals surface area contributed by atoms with Gasteiger partial charge in [-0.2, -0.15) is 0 Å². The van der Waals surface area contributed by atoms with E-state index in [2.05, 4.69) is 10.3 Å². The lowest BCUT2D eigenvalue weighted by Gasteiger charge is -2.10. The molecule has 0 unspecified atom stereocenters. The van der Waals surface area contributed by atoms with Crippen LogP contribution in [0.15, 0.2) is 41.4 Å². The maximum atomic E-state index is 12.2. The summed E-state index contributed by atoms with van der Waals surface area (Å²) < 4.78 is 22.5. The van der Waals surface area contributed by atoms with E-state index in [9.17, 15) is 13.2 Å². The van der Waals surface area contributed by atoms with Gasteiger partial charge in [0, 0.05) is 22.6 Å². The Morgan fingerprint density at radius 1 is 1.19 bits per heavy atom. The summed E-state index contributed by atoms with van der Waals surface area (Å²) in [6.07, 6.45) is 1.54. The van der Waals surface area contributed by atoms with Crippen LogP contribution >= 0.6 is 10.7 Å². The minimum atomic E-state index is -3.78. The summed E-state index contributed by atoms with van der Waals surface area (Å²) in [7, 11) is 1.50. The first-order valence-electron chi connectivity index (χ1n) is 6.07. The standard InChI is InChI=1S/C14H13ClN2O3S/c1-9-4-3-7-16-13(9)14(18)17-12-6-5-11(8-10(12)2)21(15,19)20/h3-8H,1-2H3,(H,17,18). The zero-order valence-electron chi connectivity index (χ0n) is 11.4. The van der Waals surface area contributed by atoms with Gasteiger partial charge in [-0.1, -0.05) is 6.07 Å². The van der Waals surface area contributed by atoms with Gasteiger partial charge in [0.1, 0.15) is 5.69 Å². The molecule has 7 heteroatoms. The number of aromatic nitrogens is 1. The van der Waals surface area contributed by atoms with Crippen LogP contribution in [0, 0.1) is 13.8 Å². The first-order chi connectivity index (χ1) is 9.79. The molecule has 110 valence electrons. The molecule has 0 aliphatic heterocycles. The van der Waals surface area contributed by atoms with Gasteiger partial charge in [0.05, 0.1) is 4.90 Å². The van der Waals surface area contributed by atoms with Gasteiger partial charge < -0.3 is 5.32 Å². The fraction of sp³-hybridized carbons (Fsp3) is 0.143. The van der Waals surface area contributed by atoms with Crippen molar-refractivity contribution in [3.05, 3.63) is 53.3 Å². The van der Waals surface area contributed by atoms with E-state index in [-0.39, 0.29) is 10.8 Å². The smallest absolute Gasteiger partial charge is 0.274 e. The number of hydrogen-bond acceptors (Lipinski definition) is 4. The zero-order chi connectivity index (χ0) is 15.6. The van der Waals surface area contributed by atoms with E-state index in [0.717, 1.165) is 5.56 Å². The highest BCUT2D eigenvalue weighted by Gasteiger charge is 2.14. The second-order valence-electron chi connectivity index (χ2n) is 4.54. The number of halogens is 1. The topological polar surface area (TPSA) is 76.1 Å². The van der Waals surface area contributed by atoms with Crippen LogP contribution < -0.4 is 5.32 Å². The Balaban J connectivity index is 2.29. The van der Waals surface area contributed by atoms with Crippen LogP contribution in [0.4, 0.5) is 5.69 Å². The van der Waals surface area contributed by atoms with Crippen molar-refractivity contribution in [3.63, 3.8) is 0 Å². The van der Waals surface area contributed by atoms with Crippen LogP contribution in [0.2, 0.25) is 0 Å². The number of aryl methyl sites for hydroxylation is 2. The van der Waals surface area contributed by atoms with E-state index in [1.54, 1.807) is 26.0 Å². The second-order valence-corrected chi connectivity index (χ2v) is 7.10. The Morgan fingerprint density at radius 2 is 1.90 bits per heavy atom. The van der Waals surface area contributed by atoms with Crippen molar-refractivity contribution in [1.29, 1.82) is 0 Å². The van der Waals surface area contributed by atoms with Crippen molar-refractivity contribution in [3.8, 4) is 0 Å². The van der Waals surface area contributed by atoms with Gasteiger partial charge in [-0.25, -0.2) is 8.42 Å².